The van der Waals surface area contributed by atoms with Crippen LogP contribution in [0.25, 0.3) is 0 Å². The van der Waals surface area contributed by atoms with E-state index in [1.165, 1.54) is 17.5 Å². The first-order valence-electron chi connectivity index (χ1n) is 13.5. The van der Waals surface area contributed by atoms with Crippen molar-refractivity contribution in [3.63, 3.8) is 0 Å². The van der Waals surface area contributed by atoms with E-state index in [4.69, 9.17) is 5.11 Å². The highest BCUT2D eigenvalue weighted by atomic mass is 16.3. The molecule has 0 aliphatic heterocycles. The lowest BCUT2D eigenvalue weighted by molar-refractivity contribution is 0.291. The van der Waals surface area contributed by atoms with Gasteiger partial charge >= 0.3 is 0 Å². The van der Waals surface area contributed by atoms with Gasteiger partial charge in [-0.25, -0.2) is 0 Å². The van der Waals surface area contributed by atoms with Gasteiger partial charge in [-0.2, -0.15) is 0 Å². The molecule has 1 aromatic carbocycles. The van der Waals surface area contributed by atoms with Gasteiger partial charge in [0.1, 0.15) is 6.73 Å². The van der Waals surface area contributed by atoms with Crippen molar-refractivity contribution >= 4 is 12.9 Å². The molecular formula is C32H55N3O. The maximum absolute atomic E-state index is 7.65. The summed E-state index contributed by atoms with van der Waals surface area (Å²) in [6.07, 6.45) is 17.1. The highest BCUT2D eigenvalue weighted by Crippen LogP contribution is 2.14. The molecule has 0 aliphatic rings. The van der Waals surface area contributed by atoms with Gasteiger partial charge in [-0.3, -0.25) is 14.9 Å². The third-order valence-corrected chi connectivity index (χ3v) is 5.00. The molecular weight excluding hydrogens is 442 g/mol. The molecule has 0 radical (unpaired) electrons. The van der Waals surface area contributed by atoms with Crippen LogP contribution in [0.2, 0.25) is 0 Å². The first kappa shape index (κ1) is 38.0. The largest absolute Gasteiger partial charge is 0.375 e. The Labute approximate surface area is 224 Å². The van der Waals surface area contributed by atoms with Crippen LogP contribution in [0.3, 0.4) is 0 Å². The number of hydrogen-bond donors (Lipinski definition) is 1. The topological polar surface area (TPSA) is 48.2 Å². The van der Waals surface area contributed by atoms with E-state index in [2.05, 4.69) is 85.4 Å². The van der Waals surface area contributed by atoms with Crippen LogP contribution in [0.1, 0.15) is 72.9 Å². The second-order valence-electron chi connectivity index (χ2n) is 7.59. The van der Waals surface area contributed by atoms with Gasteiger partial charge in [0.2, 0.25) is 0 Å². The summed E-state index contributed by atoms with van der Waals surface area (Å²) in [6, 6.07) is 9.10. The minimum Gasteiger partial charge on any atom is -0.375 e. The molecule has 4 nitrogen and oxygen atoms in total. The molecule has 1 atom stereocenters. The van der Waals surface area contributed by atoms with Crippen molar-refractivity contribution in [2.24, 2.45) is 15.9 Å². The number of hydrogen-bond acceptors (Lipinski definition) is 4. The fraction of sp³-hybridized carbons (Fsp3) is 0.500. The van der Waals surface area contributed by atoms with Crippen molar-refractivity contribution in [3.8, 4) is 0 Å². The number of rotatable bonds is 14. The van der Waals surface area contributed by atoms with Crippen LogP contribution >= 0.6 is 0 Å². The smallest absolute Gasteiger partial charge is 0.133 e. The summed E-state index contributed by atoms with van der Waals surface area (Å²) >= 11 is 0. The van der Waals surface area contributed by atoms with Crippen LogP contribution in [-0.4, -0.2) is 49.3 Å². The molecule has 0 aromatic heterocycles. The van der Waals surface area contributed by atoms with Gasteiger partial charge < -0.3 is 5.11 Å². The maximum Gasteiger partial charge on any atom is 0.133 e. The predicted molar refractivity (Wildman–Crippen MR) is 165 cm³/mol. The molecule has 0 fully saturated rings. The lowest BCUT2D eigenvalue weighted by atomic mass is 9.97. The lowest BCUT2D eigenvalue weighted by Crippen LogP contribution is -2.26. The van der Waals surface area contributed by atoms with Gasteiger partial charge in [-0.15, -0.1) is 0 Å². The fourth-order valence-corrected chi connectivity index (χ4v) is 2.96. The zero-order valence-corrected chi connectivity index (χ0v) is 24.6. The van der Waals surface area contributed by atoms with E-state index < -0.39 is 0 Å². The molecule has 1 unspecified atom stereocenters. The van der Waals surface area contributed by atoms with Gasteiger partial charge in [-0.05, 0) is 74.7 Å². The second-order valence-corrected chi connectivity index (χ2v) is 7.59. The van der Waals surface area contributed by atoms with E-state index in [9.17, 15) is 0 Å². The van der Waals surface area contributed by atoms with Crippen molar-refractivity contribution in [1.29, 1.82) is 0 Å². The molecule has 0 spiro atoms. The Bertz CT molecular complexity index is 730. The van der Waals surface area contributed by atoms with Crippen molar-refractivity contribution in [2.75, 3.05) is 26.4 Å². The standard InChI is InChI=1S/C26H38N2.C2H5NO.2C2H6/c1-6-10-18-27-22-25(8-3)12-11-19-28(9-4)20-17-23(5)21-26-15-13-24(7-2)14-16-26;1-3-2-4;2*1-2/h6,8,10-16,18,22-23H,3,7,9,17,19-21H2,1-2,4-5H3;4H,1-2H2;2*1-2H3/b10-6+,12-11+,25-22+,27-18+;;;. The molecule has 1 aromatic rings. The molecule has 0 saturated carbocycles. The van der Waals surface area contributed by atoms with Crippen molar-refractivity contribution < 1.29 is 5.11 Å². The quantitative estimate of drug-likeness (QED) is 0.208. The van der Waals surface area contributed by atoms with Crippen molar-refractivity contribution in [2.45, 2.75) is 74.7 Å². The third kappa shape index (κ3) is 23.2. The zero-order chi connectivity index (χ0) is 28.0. The summed E-state index contributed by atoms with van der Waals surface area (Å²) in [7, 11) is 0. The Balaban J connectivity index is -0.00000121. The average Bonchev–Trinajstić information content (AvgIpc) is 2.94. The molecule has 4 heteroatoms. The minimum absolute atomic E-state index is 0.167. The number of benzene rings is 1. The molecule has 0 saturated heterocycles. The Morgan fingerprint density at radius 1 is 1.08 bits per heavy atom. The highest BCUT2D eigenvalue weighted by molar-refractivity contribution is 5.71. The molecule has 204 valence electrons. The van der Waals surface area contributed by atoms with Crippen LogP contribution in [0.15, 0.2) is 83.0 Å². The number of likely N-dealkylation sites (N-methyl/N-ethyl adjacent to an activating group) is 1. The number of nitrogens with zero attached hydrogens (tertiary/aromatic N) is 3. The number of aliphatic hydroxyl groups excluding tert-OH is 1. The van der Waals surface area contributed by atoms with Crippen LogP contribution in [0.5, 0.6) is 0 Å². The van der Waals surface area contributed by atoms with Gasteiger partial charge in [0.15, 0.2) is 0 Å². The normalized spacial score (nSPS) is 11.9. The highest BCUT2D eigenvalue weighted by Gasteiger charge is 2.07. The monoisotopic (exact) mass is 497 g/mol. The predicted octanol–water partition coefficient (Wildman–Crippen LogP) is 8.10. The first-order valence-corrected chi connectivity index (χ1v) is 13.5. The van der Waals surface area contributed by atoms with Gasteiger partial charge in [-0.1, -0.05) is 104 Å². The second kappa shape index (κ2) is 30.5. The average molecular weight is 498 g/mol. The Morgan fingerprint density at radius 2 is 1.67 bits per heavy atom. The van der Waals surface area contributed by atoms with Crippen LogP contribution in [0, 0.1) is 5.92 Å². The summed E-state index contributed by atoms with van der Waals surface area (Å²) < 4.78 is 0. The van der Waals surface area contributed by atoms with Crippen LogP contribution in [-0.2, 0) is 12.8 Å². The van der Waals surface area contributed by atoms with Crippen LogP contribution in [0.4, 0.5) is 0 Å². The third-order valence-electron chi connectivity index (χ3n) is 5.00. The maximum atomic E-state index is 7.65. The van der Waals surface area contributed by atoms with Gasteiger partial charge in [0.05, 0.1) is 0 Å². The molecule has 0 bridgehead atoms. The van der Waals surface area contributed by atoms with E-state index in [1.807, 2.05) is 59.0 Å². The SMILES string of the molecule is C=CC(/C=C/CN(CC)CCC(C)Cc1ccc(CC)cc1)=C\N=C\C=C\C.C=NCO.CC.CC. The zero-order valence-electron chi connectivity index (χ0n) is 24.6. The number of aryl methyl sites for hydroxylation is 1. The fourth-order valence-electron chi connectivity index (χ4n) is 2.96. The Kier molecular flexibility index (Phi) is 32.1. The van der Waals surface area contributed by atoms with E-state index in [0.717, 1.165) is 38.0 Å². The van der Waals surface area contributed by atoms with E-state index in [-0.39, 0.29) is 6.73 Å². The summed E-state index contributed by atoms with van der Waals surface area (Å²) in [5.41, 5.74) is 3.90. The van der Waals surface area contributed by atoms with E-state index in [0.29, 0.717) is 5.92 Å². The molecule has 1 N–H and O–H groups in total. The molecule has 0 heterocycles. The van der Waals surface area contributed by atoms with Crippen molar-refractivity contribution in [3.05, 3.63) is 84.1 Å². The number of aliphatic imine (C=N–C) groups is 2. The lowest BCUT2D eigenvalue weighted by Gasteiger charge is -2.21. The molecule has 1 rings (SSSR count). The number of aliphatic hydroxyl groups is 1. The van der Waals surface area contributed by atoms with Gasteiger partial charge in [0, 0.05) is 19.0 Å². The summed E-state index contributed by atoms with van der Waals surface area (Å²) in [5, 5.41) is 7.65. The van der Waals surface area contributed by atoms with E-state index in [1.54, 1.807) is 6.21 Å². The Hall–Kier alpha value is -2.56. The molecule has 0 aliphatic carbocycles. The summed E-state index contributed by atoms with van der Waals surface area (Å²) in [6.45, 7) is 26.6. The van der Waals surface area contributed by atoms with Crippen LogP contribution < -0.4 is 0 Å². The summed E-state index contributed by atoms with van der Waals surface area (Å²) in [4.78, 5) is 9.78. The summed E-state index contributed by atoms with van der Waals surface area (Å²) in [5.74, 6) is 0.690. The Morgan fingerprint density at radius 3 is 2.14 bits per heavy atom. The number of allylic oxidation sites excluding steroid dienone is 5. The van der Waals surface area contributed by atoms with Gasteiger partial charge in [0.25, 0.3) is 0 Å². The molecule has 0 amide bonds. The van der Waals surface area contributed by atoms with Crippen molar-refractivity contribution in [1.82, 2.24) is 4.90 Å². The minimum atomic E-state index is -0.167. The van der Waals surface area contributed by atoms with E-state index >= 15 is 0 Å². The first-order chi connectivity index (χ1) is 17.5. The molecule has 36 heavy (non-hydrogen) atoms.